The third-order valence-electron chi connectivity index (χ3n) is 2.04. The summed E-state index contributed by atoms with van der Waals surface area (Å²) in [5.41, 5.74) is 0. The van der Waals surface area contributed by atoms with Crippen LogP contribution in [0.5, 0.6) is 0 Å². The molecule has 2 N–H and O–H groups in total. The maximum Gasteiger partial charge on any atom is 0.224 e. The third-order valence-corrected chi connectivity index (χ3v) is 2.04. The van der Waals surface area contributed by atoms with Crippen LogP contribution in [0.15, 0.2) is 0 Å². The van der Waals surface area contributed by atoms with Crippen molar-refractivity contribution in [1.82, 2.24) is 15.5 Å². The molecule has 0 spiro atoms. The van der Waals surface area contributed by atoms with E-state index in [9.17, 15) is 4.79 Å². The van der Waals surface area contributed by atoms with Gasteiger partial charge >= 0.3 is 0 Å². The van der Waals surface area contributed by atoms with Crippen LogP contribution in [0.2, 0.25) is 0 Å². The Labute approximate surface area is 87.0 Å². The molecular formula is C10H23N3O. The van der Waals surface area contributed by atoms with Gasteiger partial charge in [0.25, 0.3) is 0 Å². The normalized spacial score (nSPS) is 12.9. The van der Waals surface area contributed by atoms with Crippen LogP contribution in [0.4, 0.5) is 0 Å². The predicted molar refractivity (Wildman–Crippen MR) is 59.3 cm³/mol. The summed E-state index contributed by atoms with van der Waals surface area (Å²) in [5.74, 6) is 0.192. The van der Waals surface area contributed by atoms with Gasteiger partial charge in [-0.25, -0.2) is 0 Å². The predicted octanol–water partition coefficient (Wildman–Crippen LogP) is -0.0902. The lowest BCUT2D eigenvalue weighted by Gasteiger charge is -2.13. The third kappa shape index (κ3) is 6.86. The highest BCUT2D eigenvalue weighted by Crippen LogP contribution is 1.91. The van der Waals surface area contributed by atoms with E-state index in [0.29, 0.717) is 0 Å². The van der Waals surface area contributed by atoms with E-state index in [-0.39, 0.29) is 11.8 Å². The Kier molecular flexibility index (Phi) is 7.42. The fourth-order valence-corrected chi connectivity index (χ4v) is 1.18. The molecule has 0 rings (SSSR count). The van der Waals surface area contributed by atoms with Gasteiger partial charge in [-0.05, 0) is 34.1 Å². The summed E-state index contributed by atoms with van der Waals surface area (Å²) in [6.07, 6.45) is 1.00. The number of hydrogen-bond acceptors (Lipinski definition) is 3. The van der Waals surface area contributed by atoms with E-state index in [2.05, 4.69) is 15.5 Å². The summed E-state index contributed by atoms with van der Waals surface area (Å²) >= 11 is 0. The fraction of sp³-hybridized carbons (Fsp3) is 0.900. The highest BCUT2D eigenvalue weighted by Gasteiger charge is 2.10. The van der Waals surface area contributed by atoms with Gasteiger partial charge in [0.05, 0.1) is 0 Å². The first-order chi connectivity index (χ1) is 6.57. The maximum atomic E-state index is 11.4. The standard InChI is InChI=1S/C10H23N3O/c1-9(8-11-2)10(14)12-6-5-7-13(3)4/h9,11H,5-8H2,1-4H3,(H,12,14). The van der Waals surface area contributed by atoms with Gasteiger partial charge < -0.3 is 15.5 Å². The molecule has 0 aliphatic heterocycles. The maximum absolute atomic E-state index is 11.4. The second-order valence-electron chi connectivity index (χ2n) is 3.91. The SMILES string of the molecule is CNCC(C)C(=O)NCCCN(C)C. The fourth-order valence-electron chi connectivity index (χ4n) is 1.18. The molecule has 1 amide bonds. The van der Waals surface area contributed by atoms with Crippen LogP contribution in [-0.4, -0.2) is 51.6 Å². The van der Waals surface area contributed by atoms with Crippen molar-refractivity contribution in [3.8, 4) is 0 Å². The first kappa shape index (κ1) is 13.4. The Morgan fingerprint density at radius 3 is 2.57 bits per heavy atom. The molecule has 0 aliphatic carbocycles. The Balaban J connectivity index is 3.44. The molecule has 84 valence electrons. The number of carbonyl (C=O) groups excluding carboxylic acids is 1. The van der Waals surface area contributed by atoms with E-state index in [1.807, 2.05) is 28.1 Å². The van der Waals surface area contributed by atoms with Gasteiger partial charge in [0.1, 0.15) is 0 Å². The van der Waals surface area contributed by atoms with Crippen LogP contribution in [0.25, 0.3) is 0 Å². The zero-order valence-electron chi connectivity index (χ0n) is 9.76. The minimum absolute atomic E-state index is 0.0550. The lowest BCUT2D eigenvalue weighted by Crippen LogP contribution is -2.35. The second-order valence-corrected chi connectivity index (χ2v) is 3.91. The topological polar surface area (TPSA) is 44.4 Å². The molecule has 0 heterocycles. The van der Waals surface area contributed by atoms with Crippen molar-refractivity contribution in [1.29, 1.82) is 0 Å². The first-order valence-corrected chi connectivity index (χ1v) is 5.15. The molecule has 0 aromatic carbocycles. The van der Waals surface area contributed by atoms with Crippen LogP contribution in [-0.2, 0) is 4.79 Å². The number of nitrogens with one attached hydrogen (secondary N) is 2. The molecule has 0 saturated carbocycles. The lowest BCUT2D eigenvalue weighted by molar-refractivity contribution is -0.124. The molecule has 0 aromatic heterocycles. The van der Waals surface area contributed by atoms with Crippen molar-refractivity contribution in [2.45, 2.75) is 13.3 Å². The summed E-state index contributed by atoms with van der Waals surface area (Å²) in [7, 11) is 5.92. The number of hydrogen-bond donors (Lipinski definition) is 2. The second kappa shape index (κ2) is 7.76. The summed E-state index contributed by atoms with van der Waals surface area (Å²) in [6.45, 7) is 4.45. The molecule has 14 heavy (non-hydrogen) atoms. The number of amides is 1. The van der Waals surface area contributed by atoms with E-state index in [1.165, 1.54) is 0 Å². The van der Waals surface area contributed by atoms with Crippen molar-refractivity contribution >= 4 is 5.91 Å². The summed E-state index contributed by atoms with van der Waals surface area (Å²) in [4.78, 5) is 13.5. The Morgan fingerprint density at radius 2 is 2.07 bits per heavy atom. The van der Waals surface area contributed by atoms with Gasteiger partial charge in [-0.3, -0.25) is 4.79 Å². The van der Waals surface area contributed by atoms with Gasteiger partial charge in [-0.1, -0.05) is 6.92 Å². The van der Waals surface area contributed by atoms with Crippen molar-refractivity contribution in [3.05, 3.63) is 0 Å². The molecule has 0 bridgehead atoms. The Bertz CT molecular complexity index is 159. The Hall–Kier alpha value is -0.610. The number of carbonyl (C=O) groups is 1. The average Bonchev–Trinajstić information content (AvgIpc) is 2.12. The van der Waals surface area contributed by atoms with Gasteiger partial charge in [0.2, 0.25) is 5.91 Å². The summed E-state index contributed by atoms with van der Waals surface area (Å²) in [6, 6.07) is 0. The van der Waals surface area contributed by atoms with Crippen molar-refractivity contribution in [2.24, 2.45) is 5.92 Å². The summed E-state index contributed by atoms with van der Waals surface area (Å²) < 4.78 is 0. The monoisotopic (exact) mass is 201 g/mol. The highest BCUT2D eigenvalue weighted by molar-refractivity contribution is 5.78. The van der Waals surface area contributed by atoms with Crippen LogP contribution < -0.4 is 10.6 Å². The van der Waals surface area contributed by atoms with E-state index < -0.39 is 0 Å². The molecule has 0 aromatic rings. The minimum atomic E-state index is 0.0550. The first-order valence-electron chi connectivity index (χ1n) is 5.15. The van der Waals surface area contributed by atoms with Gasteiger partial charge in [0.15, 0.2) is 0 Å². The van der Waals surface area contributed by atoms with Crippen molar-refractivity contribution in [2.75, 3.05) is 40.8 Å². The smallest absolute Gasteiger partial charge is 0.224 e. The van der Waals surface area contributed by atoms with E-state index >= 15 is 0 Å². The van der Waals surface area contributed by atoms with E-state index in [0.717, 1.165) is 26.1 Å². The van der Waals surface area contributed by atoms with Crippen molar-refractivity contribution < 1.29 is 4.79 Å². The van der Waals surface area contributed by atoms with Crippen molar-refractivity contribution in [3.63, 3.8) is 0 Å². The minimum Gasteiger partial charge on any atom is -0.356 e. The molecule has 4 nitrogen and oxygen atoms in total. The zero-order chi connectivity index (χ0) is 11.0. The highest BCUT2D eigenvalue weighted by atomic mass is 16.1. The molecule has 0 fully saturated rings. The van der Waals surface area contributed by atoms with E-state index in [1.54, 1.807) is 0 Å². The lowest BCUT2D eigenvalue weighted by atomic mass is 10.1. The number of rotatable bonds is 7. The van der Waals surface area contributed by atoms with Crippen LogP contribution >= 0.6 is 0 Å². The molecule has 1 atom stereocenters. The van der Waals surface area contributed by atoms with Crippen LogP contribution in [0.1, 0.15) is 13.3 Å². The molecule has 4 heteroatoms. The van der Waals surface area contributed by atoms with Gasteiger partial charge in [0, 0.05) is 19.0 Å². The average molecular weight is 201 g/mol. The van der Waals surface area contributed by atoms with Gasteiger partial charge in [-0.2, -0.15) is 0 Å². The molecule has 0 saturated heterocycles. The molecule has 0 aliphatic rings. The molecule has 1 unspecified atom stereocenters. The molecular weight excluding hydrogens is 178 g/mol. The summed E-state index contributed by atoms with van der Waals surface area (Å²) in [5, 5.41) is 5.90. The van der Waals surface area contributed by atoms with Gasteiger partial charge in [-0.15, -0.1) is 0 Å². The Morgan fingerprint density at radius 1 is 1.43 bits per heavy atom. The quantitative estimate of drug-likeness (QED) is 0.566. The van der Waals surface area contributed by atoms with Crippen LogP contribution in [0.3, 0.4) is 0 Å². The van der Waals surface area contributed by atoms with Crippen LogP contribution in [0, 0.1) is 5.92 Å². The van der Waals surface area contributed by atoms with E-state index in [4.69, 9.17) is 0 Å². The number of nitrogens with zero attached hydrogens (tertiary/aromatic N) is 1. The zero-order valence-corrected chi connectivity index (χ0v) is 9.76. The largest absolute Gasteiger partial charge is 0.356 e. The molecule has 0 radical (unpaired) electrons.